The van der Waals surface area contributed by atoms with E-state index in [1.807, 2.05) is 0 Å². The van der Waals surface area contributed by atoms with Gasteiger partial charge in [-0.1, -0.05) is 18.5 Å². The molecule has 4 nitrogen and oxygen atoms in total. The molecule has 3 N–H and O–H groups in total. The number of halogens is 2. The Balaban J connectivity index is 3.04. The average Bonchev–Trinajstić information content (AvgIpc) is 2.40. The van der Waals surface area contributed by atoms with E-state index in [2.05, 4.69) is 5.32 Å². The first kappa shape index (κ1) is 15.9. The van der Waals surface area contributed by atoms with E-state index in [1.54, 1.807) is 6.92 Å². The van der Waals surface area contributed by atoms with Gasteiger partial charge in [0.15, 0.2) is 0 Å². The Hall–Kier alpha value is -1.17. The minimum absolute atomic E-state index is 0.0125. The maximum absolute atomic E-state index is 13.3. The Morgan fingerprint density at radius 1 is 1.42 bits per heavy atom. The van der Waals surface area contributed by atoms with Crippen molar-refractivity contribution in [2.45, 2.75) is 25.8 Å². The molecule has 1 rings (SSSR count). The summed E-state index contributed by atoms with van der Waals surface area (Å²) in [7, 11) is 0. The van der Waals surface area contributed by atoms with Gasteiger partial charge in [-0.25, -0.2) is 4.39 Å². The molecule has 0 saturated heterocycles. The third kappa shape index (κ3) is 3.43. The van der Waals surface area contributed by atoms with E-state index in [9.17, 15) is 19.4 Å². The van der Waals surface area contributed by atoms with Crippen molar-refractivity contribution in [3.63, 3.8) is 0 Å². The van der Waals surface area contributed by atoms with Crippen molar-refractivity contribution >= 4 is 17.5 Å². The van der Waals surface area contributed by atoms with E-state index in [0.717, 1.165) is 6.07 Å². The first-order chi connectivity index (χ1) is 8.89. The van der Waals surface area contributed by atoms with Crippen LogP contribution in [0.25, 0.3) is 0 Å². The molecule has 0 radical (unpaired) electrons. The fourth-order valence-corrected chi connectivity index (χ4v) is 1.82. The van der Waals surface area contributed by atoms with E-state index in [4.69, 9.17) is 11.6 Å². The summed E-state index contributed by atoms with van der Waals surface area (Å²) in [6.45, 7) is 2.45. The zero-order chi connectivity index (χ0) is 14.6. The van der Waals surface area contributed by atoms with Crippen LogP contribution in [0, 0.1) is 12.7 Å². The summed E-state index contributed by atoms with van der Waals surface area (Å²) < 4.78 is 13.3. The number of hydrogen-bond donors (Lipinski definition) is 3. The molecule has 0 fully saturated rings. The van der Waals surface area contributed by atoms with Gasteiger partial charge in [-0.3, -0.25) is 4.79 Å². The lowest BCUT2D eigenvalue weighted by Gasteiger charge is -2.29. The average molecular weight is 290 g/mol. The van der Waals surface area contributed by atoms with E-state index < -0.39 is 30.5 Å². The zero-order valence-corrected chi connectivity index (χ0v) is 11.6. The molecular weight excluding hydrogens is 273 g/mol. The Labute approximate surface area is 116 Å². The summed E-state index contributed by atoms with van der Waals surface area (Å²) in [5.74, 6) is -1.05. The highest BCUT2D eigenvalue weighted by Crippen LogP contribution is 2.21. The molecule has 1 aromatic rings. The smallest absolute Gasteiger partial charge is 0.253 e. The standard InChI is InChI=1S/C13H17ClFNO3/c1-3-13(6-17,7-18)16-12(19)9-4-8(2)11(15)5-10(9)14/h4-5,17-18H,3,6-7H2,1-2H3,(H,16,19). The van der Waals surface area contributed by atoms with Crippen molar-refractivity contribution in [1.82, 2.24) is 5.32 Å². The number of carbonyl (C=O) groups excluding carboxylic acids is 1. The summed E-state index contributed by atoms with van der Waals surface area (Å²) in [6.07, 6.45) is 0.351. The highest BCUT2D eigenvalue weighted by molar-refractivity contribution is 6.33. The van der Waals surface area contributed by atoms with Gasteiger partial charge in [0, 0.05) is 0 Å². The molecule has 0 atom stereocenters. The lowest BCUT2D eigenvalue weighted by molar-refractivity contribution is 0.0653. The van der Waals surface area contributed by atoms with Gasteiger partial charge in [0.2, 0.25) is 0 Å². The lowest BCUT2D eigenvalue weighted by atomic mass is 9.97. The molecule has 0 aliphatic heterocycles. The molecular formula is C13H17ClFNO3. The predicted molar refractivity (Wildman–Crippen MR) is 70.8 cm³/mol. The molecule has 0 aliphatic rings. The van der Waals surface area contributed by atoms with Crippen molar-refractivity contribution in [3.8, 4) is 0 Å². The summed E-state index contributed by atoms with van der Waals surface area (Å²) in [4.78, 5) is 12.1. The first-order valence-corrected chi connectivity index (χ1v) is 6.26. The molecule has 0 heterocycles. The highest BCUT2D eigenvalue weighted by Gasteiger charge is 2.29. The molecule has 0 spiro atoms. The monoisotopic (exact) mass is 289 g/mol. The van der Waals surface area contributed by atoms with E-state index in [1.165, 1.54) is 13.0 Å². The van der Waals surface area contributed by atoms with E-state index in [0.29, 0.717) is 12.0 Å². The molecule has 19 heavy (non-hydrogen) atoms. The van der Waals surface area contributed by atoms with Crippen LogP contribution in [0.3, 0.4) is 0 Å². The maximum atomic E-state index is 13.3. The number of nitrogens with one attached hydrogen (secondary N) is 1. The number of benzene rings is 1. The minimum Gasteiger partial charge on any atom is -0.394 e. The largest absolute Gasteiger partial charge is 0.394 e. The fourth-order valence-electron chi connectivity index (χ4n) is 1.58. The van der Waals surface area contributed by atoms with Crippen LogP contribution in [0.15, 0.2) is 12.1 Å². The second-order valence-corrected chi connectivity index (χ2v) is 4.89. The molecule has 0 aromatic heterocycles. The van der Waals surface area contributed by atoms with E-state index in [-0.39, 0.29) is 10.6 Å². The topological polar surface area (TPSA) is 69.6 Å². The number of aryl methyl sites for hydroxylation is 1. The number of amides is 1. The molecule has 6 heteroatoms. The van der Waals surface area contributed by atoms with Gasteiger partial charge >= 0.3 is 0 Å². The van der Waals surface area contributed by atoms with Gasteiger partial charge in [0.25, 0.3) is 5.91 Å². The van der Waals surface area contributed by atoms with Gasteiger partial charge in [0.05, 0.1) is 29.3 Å². The van der Waals surface area contributed by atoms with Crippen LogP contribution in [0.5, 0.6) is 0 Å². The van der Waals surface area contributed by atoms with Crippen LogP contribution >= 0.6 is 11.6 Å². The lowest BCUT2D eigenvalue weighted by Crippen LogP contribution is -2.53. The molecule has 1 aromatic carbocycles. The molecule has 0 aliphatic carbocycles. The highest BCUT2D eigenvalue weighted by atomic mass is 35.5. The van der Waals surface area contributed by atoms with Crippen LogP contribution in [0.4, 0.5) is 4.39 Å². The van der Waals surface area contributed by atoms with Crippen molar-refractivity contribution in [2.75, 3.05) is 13.2 Å². The zero-order valence-electron chi connectivity index (χ0n) is 10.8. The maximum Gasteiger partial charge on any atom is 0.253 e. The van der Waals surface area contributed by atoms with Crippen LogP contribution in [-0.4, -0.2) is 34.9 Å². The van der Waals surface area contributed by atoms with Crippen LogP contribution in [-0.2, 0) is 0 Å². The quantitative estimate of drug-likeness (QED) is 0.772. The number of aliphatic hydroxyl groups excluding tert-OH is 2. The van der Waals surface area contributed by atoms with E-state index >= 15 is 0 Å². The summed E-state index contributed by atoms with van der Waals surface area (Å²) in [5, 5.41) is 21.1. The Kier molecular flexibility index (Phi) is 5.29. The van der Waals surface area contributed by atoms with Gasteiger partial charge < -0.3 is 15.5 Å². The van der Waals surface area contributed by atoms with Crippen molar-refractivity contribution in [3.05, 3.63) is 34.1 Å². The third-order valence-corrected chi connectivity index (χ3v) is 3.47. The Morgan fingerprint density at radius 3 is 2.47 bits per heavy atom. The number of rotatable bonds is 5. The summed E-state index contributed by atoms with van der Waals surface area (Å²) in [5.41, 5.74) is -0.701. The third-order valence-electron chi connectivity index (χ3n) is 3.15. The van der Waals surface area contributed by atoms with Gasteiger partial charge in [-0.15, -0.1) is 0 Å². The first-order valence-electron chi connectivity index (χ1n) is 5.89. The van der Waals surface area contributed by atoms with Crippen LogP contribution < -0.4 is 5.32 Å². The van der Waals surface area contributed by atoms with Crippen LogP contribution in [0.2, 0.25) is 5.02 Å². The Bertz CT molecular complexity index is 467. The van der Waals surface area contributed by atoms with Gasteiger partial charge in [0.1, 0.15) is 5.82 Å². The molecule has 0 unspecified atom stereocenters. The second kappa shape index (κ2) is 6.32. The normalized spacial score (nSPS) is 11.5. The minimum atomic E-state index is -1.11. The van der Waals surface area contributed by atoms with Gasteiger partial charge in [-0.2, -0.15) is 0 Å². The predicted octanol–water partition coefficient (Wildman–Crippen LogP) is 1.65. The van der Waals surface area contributed by atoms with Crippen LogP contribution in [0.1, 0.15) is 29.3 Å². The summed E-state index contributed by atoms with van der Waals surface area (Å²) >= 11 is 5.83. The SMILES string of the molecule is CCC(CO)(CO)NC(=O)c1cc(C)c(F)cc1Cl. The molecule has 0 saturated carbocycles. The number of carbonyl (C=O) groups is 1. The Morgan fingerprint density at radius 2 is 2.00 bits per heavy atom. The molecule has 1 amide bonds. The fraction of sp³-hybridized carbons (Fsp3) is 0.462. The second-order valence-electron chi connectivity index (χ2n) is 4.49. The molecule has 106 valence electrons. The number of hydrogen-bond acceptors (Lipinski definition) is 3. The van der Waals surface area contributed by atoms with Crippen molar-refractivity contribution < 1.29 is 19.4 Å². The van der Waals surface area contributed by atoms with Crippen molar-refractivity contribution in [1.29, 1.82) is 0 Å². The number of aliphatic hydroxyl groups is 2. The van der Waals surface area contributed by atoms with Crippen molar-refractivity contribution in [2.24, 2.45) is 0 Å². The summed E-state index contributed by atoms with van der Waals surface area (Å²) in [6, 6.07) is 2.40. The van der Waals surface area contributed by atoms with Gasteiger partial charge in [-0.05, 0) is 31.0 Å². The molecule has 0 bridgehead atoms.